The predicted octanol–water partition coefficient (Wildman–Crippen LogP) is 4.66. The Hall–Kier alpha value is -2.70. The minimum Gasteiger partial charge on any atom is -0.388 e. The van der Waals surface area contributed by atoms with E-state index in [1.807, 2.05) is 0 Å². The van der Waals surface area contributed by atoms with E-state index in [2.05, 4.69) is 10.3 Å². The van der Waals surface area contributed by atoms with Crippen LogP contribution >= 0.6 is 11.3 Å². The zero-order valence-electron chi connectivity index (χ0n) is 24.0. The number of carbonyl (C=O) groups is 1. The van der Waals surface area contributed by atoms with Crippen LogP contribution in [0.2, 0.25) is 0 Å². The number of nitrogens with zero attached hydrogens (tertiary/aromatic N) is 1. The Bertz CT molecular complexity index is 1290. The number of aliphatic hydroxyl groups excluding tert-OH is 1. The SMILES string of the molecule is [2H]c1c([2H])c([C@@H](O)CCCCc2c([2H])c([2H])c(NC(=O)Cc3csc(N)n3)c([2H])c2[2H])c([2H])c([2H])c1C. The van der Waals surface area contributed by atoms with E-state index in [9.17, 15) is 9.90 Å². The highest BCUT2D eigenvalue weighted by Crippen LogP contribution is 2.21. The van der Waals surface area contributed by atoms with Gasteiger partial charge in [0.15, 0.2) is 5.13 Å². The molecule has 0 spiro atoms. The van der Waals surface area contributed by atoms with Crippen molar-refractivity contribution in [3.8, 4) is 0 Å². The van der Waals surface area contributed by atoms with Crippen LogP contribution in [0.15, 0.2) is 53.7 Å². The summed E-state index contributed by atoms with van der Waals surface area (Å²) in [6, 6.07) is -2.22. The second-order valence-corrected chi connectivity index (χ2v) is 7.45. The van der Waals surface area contributed by atoms with Gasteiger partial charge in [0, 0.05) is 11.1 Å². The molecule has 4 N–H and O–H groups in total. The van der Waals surface area contributed by atoms with Gasteiger partial charge in [-0.25, -0.2) is 4.98 Å². The van der Waals surface area contributed by atoms with Gasteiger partial charge < -0.3 is 16.2 Å². The van der Waals surface area contributed by atoms with Gasteiger partial charge in [0.2, 0.25) is 5.91 Å². The minimum absolute atomic E-state index is 0.0646. The van der Waals surface area contributed by atoms with Gasteiger partial charge in [-0.1, -0.05) is 48.2 Å². The summed E-state index contributed by atoms with van der Waals surface area (Å²) < 4.78 is 65.2. The van der Waals surface area contributed by atoms with Crippen LogP contribution in [-0.2, 0) is 17.6 Å². The first-order chi connectivity index (χ1) is 17.3. The summed E-state index contributed by atoms with van der Waals surface area (Å²) in [5, 5.41) is 14.9. The fraction of sp³-hybridized carbons (Fsp3) is 0.304. The first-order valence-electron chi connectivity index (χ1n) is 13.2. The molecule has 1 heterocycles. The number of nitrogen functional groups attached to an aromatic ring is 1. The van der Waals surface area contributed by atoms with Crippen LogP contribution in [0.5, 0.6) is 0 Å². The van der Waals surface area contributed by atoms with E-state index in [1.165, 1.54) is 18.3 Å². The smallest absolute Gasteiger partial charge is 0.230 e. The summed E-state index contributed by atoms with van der Waals surface area (Å²) in [7, 11) is 0. The molecule has 5 nitrogen and oxygen atoms in total. The number of rotatable bonds is 9. The highest BCUT2D eigenvalue weighted by atomic mass is 32.1. The molecule has 0 aliphatic carbocycles. The molecule has 0 aliphatic heterocycles. The van der Waals surface area contributed by atoms with Crippen molar-refractivity contribution in [3.63, 3.8) is 0 Å². The molecule has 3 aromatic rings. The van der Waals surface area contributed by atoms with Crippen molar-refractivity contribution in [1.29, 1.82) is 0 Å². The fourth-order valence-electron chi connectivity index (χ4n) is 2.61. The molecule has 0 fully saturated rings. The van der Waals surface area contributed by atoms with Crippen molar-refractivity contribution in [2.24, 2.45) is 0 Å². The summed E-state index contributed by atoms with van der Waals surface area (Å²) in [6.45, 7) is 1.49. The van der Waals surface area contributed by atoms with Gasteiger partial charge >= 0.3 is 0 Å². The van der Waals surface area contributed by atoms with Gasteiger partial charge in [0.1, 0.15) is 0 Å². The zero-order chi connectivity index (χ0) is 27.6. The maximum Gasteiger partial charge on any atom is 0.230 e. The third-order valence-electron chi connectivity index (χ3n) is 4.11. The Morgan fingerprint density at radius 2 is 1.93 bits per heavy atom. The largest absolute Gasteiger partial charge is 0.388 e. The topological polar surface area (TPSA) is 88.2 Å². The second kappa shape index (κ2) is 10.2. The molecule has 3 rings (SSSR count). The molecule has 152 valence electrons. The van der Waals surface area contributed by atoms with Crippen LogP contribution in [0.3, 0.4) is 0 Å². The first kappa shape index (κ1) is 12.8. The van der Waals surface area contributed by atoms with Crippen molar-refractivity contribution >= 4 is 28.1 Å². The summed E-state index contributed by atoms with van der Waals surface area (Å²) >= 11 is 1.18. The lowest BCUT2D eigenvalue weighted by molar-refractivity contribution is -0.115. The molecular formula is C23H27N3O2S. The van der Waals surface area contributed by atoms with Crippen molar-refractivity contribution in [1.82, 2.24) is 4.98 Å². The maximum absolute atomic E-state index is 12.4. The molecule has 1 amide bonds. The van der Waals surface area contributed by atoms with Gasteiger partial charge in [-0.15, -0.1) is 11.3 Å². The number of nitrogens with two attached hydrogens (primary N) is 1. The van der Waals surface area contributed by atoms with Gasteiger partial charge in [0.25, 0.3) is 0 Å². The molecule has 1 atom stereocenters. The van der Waals surface area contributed by atoms with Gasteiger partial charge in [-0.3, -0.25) is 4.79 Å². The number of unbranched alkanes of at least 4 members (excludes halogenated alkanes) is 1. The summed E-state index contributed by atoms with van der Waals surface area (Å²) in [4.78, 5) is 16.3. The minimum atomic E-state index is -1.22. The second-order valence-electron chi connectivity index (χ2n) is 6.56. The van der Waals surface area contributed by atoms with E-state index < -0.39 is 12.0 Å². The lowest BCUT2D eigenvalue weighted by Crippen LogP contribution is -2.14. The lowest BCUT2D eigenvalue weighted by atomic mass is 10.0. The molecule has 1 aromatic heterocycles. The summed E-state index contributed by atoms with van der Waals surface area (Å²) in [6.07, 6.45) is -0.262. The third kappa shape index (κ3) is 6.69. The van der Waals surface area contributed by atoms with E-state index in [0.717, 1.165) is 0 Å². The molecule has 0 bridgehead atoms. The molecule has 29 heavy (non-hydrogen) atoms. The highest BCUT2D eigenvalue weighted by molar-refractivity contribution is 7.13. The Balaban J connectivity index is 1.67. The number of carbonyl (C=O) groups excluding carboxylic acids is 1. The standard InChI is InChI=1S/C23H27N3O2S/c1-16-6-10-18(11-7-16)21(27)5-3-2-4-17-8-12-19(13-9-17)25-22(28)14-20-15-29-23(24)26-20/h6-13,15,21,27H,2-5,14H2,1H3,(H2,24,26)(H,25,28)/t21-/m0/s1/i6D,7D,8D,9D,10D,11D,12D,13D. The number of hydrogen-bond acceptors (Lipinski definition) is 5. The molecule has 0 saturated heterocycles. The van der Waals surface area contributed by atoms with Gasteiger partial charge in [-0.2, -0.15) is 0 Å². The molecular weight excluding hydrogens is 382 g/mol. The number of thiazole rings is 1. The summed E-state index contributed by atoms with van der Waals surface area (Å²) in [5.41, 5.74) is 6.10. The van der Waals surface area contributed by atoms with Crippen LogP contribution in [0.4, 0.5) is 10.8 Å². The van der Waals surface area contributed by atoms with Crippen LogP contribution in [0.25, 0.3) is 0 Å². The predicted molar refractivity (Wildman–Crippen MR) is 119 cm³/mol. The average Bonchev–Trinajstić information content (AvgIpc) is 3.26. The monoisotopic (exact) mass is 417 g/mol. The van der Waals surface area contributed by atoms with E-state index in [4.69, 9.17) is 16.7 Å². The van der Waals surface area contributed by atoms with E-state index in [0.29, 0.717) is 23.7 Å². The Morgan fingerprint density at radius 1 is 1.21 bits per heavy atom. The lowest BCUT2D eigenvalue weighted by Gasteiger charge is -2.11. The number of nitrogens with one attached hydrogen (secondary N) is 1. The Labute approximate surface area is 186 Å². The molecule has 0 radical (unpaired) electrons. The van der Waals surface area contributed by atoms with Gasteiger partial charge in [-0.05, 0) is 49.4 Å². The van der Waals surface area contributed by atoms with E-state index >= 15 is 0 Å². The zero-order valence-corrected chi connectivity index (χ0v) is 16.8. The molecule has 0 aliphatic rings. The number of benzene rings is 2. The quantitative estimate of drug-likeness (QED) is 0.442. The van der Waals surface area contributed by atoms with Crippen LogP contribution in [-0.4, -0.2) is 16.0 Å². The average molecular weight is 418 g/mol. The molecule has 0 unspecified atom stereocenters. The number of aromatic nitrogens is 1. The van der Waals surface area contributed by atoms with Crippen LogP contribution in [0.1, 0.15) is 58.7 Å². The normalized spacial score (nSPS) is 15.8. The first-order valence-corrected chi connectivity index (χ1v) is 10.1. The fourth-order valence-corrected chi connectivity index (χ4v) is 3.18. The number of anilines is 2. The molecule has 2 aromatic carbocycles. The third-order valence-corrected chi connectivity index (χ3v) is 4.83. The number of aliphatic hydroxyl groups is 1. The number of amides is 1. The number of hydrogen-bond donors (Lipinski definition) is 3. The van der Waals surface area contributed by atoms with E-state index in [-0.39, 0.29) is 90.0 Å². The Morgan fingerprint density at radius 3 is 2.59 bits per heavy atom. The molecule has 6 heteroatoms. The highest BCUT2D eigenvalue weighted by Gasteiger charge is 2.08. The van der Waals surface area contributed by atoms with Crippen molar-refractivity contribution < 1.29 is 20.9 Å². The van der Waals surface area contributed by atoms with Crippen molar-refractivity contribution in [2.45, 2.75) is 45.1 Å². The van der Waals surface area contributed by atoms with Gasteiger partial charge in [0.05, 0.1) is 29.2 Å². The summed E-state index contributed by atoms with van der Waals surface area (Å²) in [5.74, 6) is -0.543. The van der Waals surface area contributed by atoms with Crippen molar-refractivity contribution in [3.05, 3.63) is 76.1 Å². The maximum atomic E-state index is 12.4. The Kier molecular flexibility index (Phi) is 4.49. The van der Waals surface area contributed by atoms with E-state index in [1.54, 1.807) is 5.38 Å². The van der Waals surface area contributed by atoms with Crippen LogP contribution < -0.4 is 11.1 Å². The van der Waals surface area contributed by atoms with Crippen molar-refractivity contribution in [2.75, 3.05) is 11.1 Å². The molecule has 0 saturated carbocycles. The van der Waals surface area contributed by atoms with Crippen LogP contribution in [0, 0.1) is 6.92 Å².